The van der Waals surface area contributed by atoms with Crippen molar-refractivity contribution in [1.82, 2.24) is 0 Å². The van der Waals surface area contributed by atoms with Crippen LogP contribution in [0.3, 0.4) is 0 Å². The molecular formula is C27H29NO8S. The van der Waals surface area contributed by atoms with Gasteiger partial charge in [0.1, 0.15) is 23.0 Å². The van der Waals surface area contributed by atoms with E-state index in [1.165, 1.54) is 34.5 Å². The Hall–Kier alpha value is -4.18. The highest BCUT2D eigenvalue weighted by molar-refractivity contribution is 7.93. The summed E-state index contributed by atoms with van der Waals surface area (Å²) in [5.41, 5.74) is 1.78. The third kappa shape index (κ3) is 6.95. The predicted molar refractivity (Wildman–Crippen MR) is 141 cm³/mol. The van der Waals surface area contributed by atoms with Gasteiger partial charge in [0.15, 0.2) is 15.9 Å². The van der Waals surface area contributed by atoms with Gasteiger partial charge in [0, 0.05) is 17.5 Å². The number of benzene rings is 3. The van der Waals surface area contributed by atoms with Gasteiger partial charge in [-0.25, -0.2) is 13.2 Å². The summed E-state index contributed by atoms with van der Waals surface area (Å²) in [4.78, 5) is 11.9. The highest BCUT2D eigenvalue weighted by atomic mass is 32.2. The molecule has 2 N–H and O–H groups in total. The van der Waals surface area contributed by atoms with Crippen molar-refractivity contribution < 1.29 is 37.3 Å². The lowest BCUT2D eigenvalue weighted by Gasteiger charge is -2.19. The molecular weight excluding hydrogens is 498 g/mol. The van der Waals surface area contributed by atoms with E-state index in [0.29, 0.717) is 45.4 Å². The summed E-state index contributed by atoms with van der Waals surface area (Å²) in [5, 5.41) is 13.8. The minimum absolute atomic E-state index is 0.327. The molecule has 0 aliphatic heterocycles. The monoisotopic (exact) mass is 527 g/mol. The number of rotatable bonds is 12. The zero-order chi connectivity index (χ0) is 27.0. The number of methoxy groups -OCH3 is 4. The highest BCUT2D eigenvalue weighted by Crippen LogP contribution is 2.35. The number of aliphatic carboxylic acids is 1. The molecule has 0 spiro atoms. The Morgan fingerprint density at radius 1 is 0.892 bits per heavy atom. The van der Waals surface area contributed by atoms with Crippen molar-refractivity contribution in [2.45, 2.75) is 11.8 Å². The summed E-state index contributed by atoms with van der Waals surface area (Å²) < 4.78 is 47.3. The maximum atomic E-state index is 13.0. The Morgan fingerprint density at radius 2 is 1.51 bits per heavy atom. The van der Waals surface area contributed by atoms with Crippen LogP contribution in [0.2, 0.25) is 0 Å². The molecule has 0 saturated carbocycles. The molecule has 0 aromatic heterocycles. The Morgan fingerprint density at radius 3 is 2.05 bits per heavy atom. The van der Waals surface area contributed by atoms with Crippen molar-refractivity contribution in [3.8, 4) is 23.0 Å². The third-order valence-electron chi connectivity index (χ3n) is 5.51. The maximum Gasteiger partial charge on any atom is 0.330 e. The van der Waals surface area contributed by atoms with Crippen LogP contribution in [0.1, 0.15) is 22.7 Å². The second-order valence-electron chi connectivity index (χ2n) is 7.92. The number of anilines is 1. The minimum Gasteiger partial charge on any atom is -0.496 e. The van der Waals surface area contributed by atoms with E-state index in [9.17, 15) is 18.3 Å². The fraction of sp³-hybridized carbons (Fsp3) is 0.222. The van der Waals surface area contributed by atoms with E-state index in [-0.39, 0.29) is 5.75 Å². The molecule has 3 rings (SSSR count). The molecule has 0 fully saturated rings. The fourth-order valence-corrected chi connectivity index (χ4v) is 4.78. The molecule has 196 valence electrons. The summed E-state index contributed by atoms with van der Waals surface area (Å²) >= 11 is 0. The molecule has 9 nitrogen and oxygen atoms in total. The Balaban J connectivity index is 1.89. The summed E-state index contributed by atoms with van der Waals surface area (Å²) in [6, 6.07) is 15.6. The van der Waals surface area contributed by atoms with Crippen LogP contribution in [0, 0.1) is 0 Å². The first-order chi connectivity index (χ1) is 17.7. The average Bonchev–Trinajstić information content (AvgIpc) is 2.90. The first-order valence-electron chi connectivity index (χ1n) is 11.1. The van der Waals surface area contributed by atoms with E-state index in [1.807, 2.05) is 0 Å². The normalized spacial score (nSPS) is 12.1. The Kier molecular flexibility index (Phi) is 9.02. The number of carboxylic acids is 1. The Bertz CT molecular complexity index is 1350. The number of nitrogens with one attached hydrogen (secondary N) is 1. The van der Waals surface area contributed by atoms with Crippen LogP contribution < -0.4 is 24.3 Å². The summed E-state index contributed by atoms with van der Waals surface area (Å²) in [5.74, 6) is 0.246. The highest BCUT2D eigenvalue weighted by Gasteiger charge is 2.22. The van der Waals surface area contributed by atoms with E-state index in [1.54, 1.807) is 60.7 Å². The Labute approximate surface area is 216 Å². The molecule has 1 atom stereocenters. The van der Waals surface area contributed by atoms with Crippen LogP contribution in [0.4, 0.5) is 5.69 Å². The number of carboxylic acid groups (broad SMARTS) is 1. The van der Waals surface area contributed by atoms with E-state index in [0.717, 1.165) is 5.41 Å². The standard InChI is InChI=1S/C27H29NO8S/c1-33-20-15-24(35-3)21(25(16-20)36-4)12-13-37(31,32)17-18-10-11-23(34-2)22(14-18)28-26(27(29)30)19-8-6-5-7-9-19/h5-16,26,28H,17H2,1-4H3,(H,29,30). The van der Waals surface area contributed by atoms with Gasteiger partial charge < -0.3 is 29.4 Å². The average molecular weight is 528 g/mol. The van der Waals surface area contributed by atoms with Crippen molar-refractivity contribution in [2.24, 2.45) is 0 Å². The third-order valence-corrected chi connectivity index (χ3v) is 6.79. The van der Waals surface area contributed by atoms with E-state index < -0.39 is 21.8 Å². The molecule has 0 heterocycles. The van der Waals surface area contributed by atoms with Crippen LogP contribution in [0.25, 0.3) is 6.08 Å². The molecule has 0 aliphatic carbocycles. The van der Waals surface area contributed by atoms with Crippen molar-refractivity contribution in [2.75, 3.05) is 33.8 Å². The largest absolute Gasteiger partial charge is 0.496 e. The number of ether oxygens (including phenoxy) is 4. The lowest BCUT2D eigenvalue weighted by molar-refractivity contribution is -0.138. The van der Waals surface area contributed by atoms with Gasteiger partial charge in [-0.3, -0.25) is 0 Å². The molecule has 0 aliphatic rings. The molecule has 0 saturated heterocycles. The van der Waals surface area contributed by atoms with Crippen molar-refractivity contribution in [1.29, 1.82) is 0 Å². The molecule has 1 unspecified atom stereocenters. The number of carbonyl (C=O) groups is 1. The van der Waals surface area contributed by atoms with E-state index >= 15 is 0 Å². The van der Waals surface area contributed by atoms with E-state index in [4.69, 9.17) is 18.9 Å². The van der Waals surface area contributed by atoms with Crippen LogP contribution in [-0.2, 0) is 20.4 Å². The second-order valence-corrected chi connectivity index (χ2v) is 9.80. The summed E-state index contributed by atoms with van der Waals surface area (Å²) in [6.07, 6.45) is 1.41. The van der Waals surface area contributed by atoms with Crippen LogP contribution in [0.5, 0.6) is 23.0 Å². The predicted octanol–water partition coefficient (Wildman–Crippen LogP) is 4.54. The number of sulfone groups is 1. The molecule has 0 radical (unpaired) electrons. The zero-order valence-electron chi connectivity index (χ0n) is 20.9. The number of hydrogen-bond acceptors (Lipinski definition) is 8. The molecule has 0 amide bonds. The lowest BCUT2D eigenvalue weighted by Crippen LogP contribution is -2.21. The van der Waals surface area contributed by atoms with Crippen LogP contribution in [0.15, 0.2) is 66.1 Å². The van der Waals surface area contributed by atoms with Crippen molar-refractivity contribution in [3.63, 3.8) is 0 Å². The second kappa shape index (κ2) is 12.2. The topological polar surface area (TPSA) is 120 Å². The molecule has 37 heavy (non-hydrogen) atoms. The fourth-order valence-electron chi connectivity index (χ4n) is 3.70. The van der Waals surface area contributed by atoms with Crippen LogP contribution >= 0.6 is 0 Å². The SMILES string of the molecule is COc1cc(OC)c(C=CS(=O)(=O)Cc2ccc(OC)c(NC(C(=O)O)c3ccccc3)c2)c(OC)c1. The van der Waals surface area contributed by atoms with Gasteiger partial charge in [0.05, 0.1) is 45.4 Å². The van der Waals surface area contributed by atoms with Gasteiger partial charge in [-0.2, -0.15) is 0 Å². The molecule has 3 aromatic carbocycles. The van der Waals surface area contributed by atoms with Crippen molar-refractivity contribution in [3.05, 3.63) is 82.8 Å². The van der Waals surface area contributed by atoms with Crippen molar-refractivity contribution >= 4 is 27.6 Å². The number of hydrogen-bond donors (Lipinski definition) is 2. The van der Waals surface area contributed by atoms with Gasteiger partial charge in [0.25, 0.3) is 0 Å². The lowest BCUT2D eigenvalue weighted by atomic mass is 10.1. The minimum atomic E-state index is -3.74. The van der Waals surface area contributed by atoms with Gasteiger partial charge in [-0.05, 0) is 29.3 Å². The van der Waals surface area contributed by atoms with Crippen LogP contribution in [-0.4, -0.2) is 47.9 Å². The molecule has 0 bridgehead atoms. The van der Waals surface area contributed by atoms with Gasteiger partial charge in [-0.1, -0.05) is 36.4 Å². The van der Waals surface area contributed by atoms with Gasteiger partial charge >= 0.3 is 5.97 Å². The molecule has 10 heteroatoms. The van der Waals surface area contributed by atoms with Gasteiger partial charge in [0.2, 0.25) is 0 Å². The zero-order valence-corrected chi connectivity index (χ0v) is 21.7. The van der Waals surface area contributed by atoms with E-state index in [2.05, 4.69) is 5.32 Å². The first kappa shape index (κ1) is 27.4. The maximum absolute atomic E-state index is 13.0. The quantitative estimate of drug-likeness (QED) is 0.350. The van der Waals surface area contributed by atoms with Gasteiger partial charge in [-0.15, -0.1) is 0 Å². The summed E-state index contributed by atoms with van der Waals surface area (Å²) in [7, 11) is 2.15. The smallest absolute Gasteiger partial charge is 0.330 e. The summed E-state index contributed by atoms with van der Waals surface area (Å²) in [6.45, 7) is 0. The first-order valence-corrected chi connectivity index (χ1v) is 12.8. The molecule has 3 aromatic rings.